The third kappa shape index (κ3) is 3.19. The fourth-order valence-corrected chi connectivity index (χ4v) is 3.47. The van der Waals surface area contributed by atoms with Crippen LogP contribution >= 0.6 is 0 Å². The van der Waals surface area contributed by atoms with Crippen LogP contribution in [0.3, 0.4) is 0 Å². The maximum atomic E-state index is 12.9. The fraction of sp³-hybridized carbons (Fsp3) is 0.200. The molecule has 3 aromatic rings. The van der Waals surface area contributed by atoms with Gasteiger partial charge in [0, 0.05) is 41.5 Å². The minimum atomic E-state index is -0.492. The molecule has 1 fully saturated rings. The number of nitrogens with one attached hydrogen (secondary N) is 2. The molecule has 1 atom stereocenters. The normalized spacial score (nSPS) is 16.0. The van der Waals surface area contributed by atoms with Crippen molar-refractivity contribution in [2.75, 3.05) is 18.4 Å². The summed E-state index contributed by atoms with van der Waals surface area (Å²) in [5.74, 6) is 0. The van der Waals surface area contributed by atoms with Crippen LogP contribution in [0.4, 0.5) is 11.4 Å². The van der Waals surface area contributed by atoms with Crippen LogP contribution < -0.4 is 16.2 Å². The van der Waals surface area contributed by atoms with E-state index in [9.17, 15) is 20.2 Å². The quantitative estimate of drug-likeness (QED) is 0.535. The third-order valence-electron chi connectivity index (χ3n) is 4.87. The van der Waals surface area contributed by atoms with Crippen LogP contribution in [0.25, 0.3) is 16.6 Å². The molecule has 0 radical (unpaired) electrons. The van der Waals surface area contributed by atoms with Crippen LogP contribution in [-0.4, -0.2) is 28.6 Å². The molecule has 1 aromatic heterocycles. The highest BCUT2D eigenvalue weighted by atomic mass is 16.6. The highest BCUT2D eigenvalue weighted by Crippen LogP contribution is 2.24. The van der Waals surface area contributed by atoms with Crippen LogP contribution in [0.1, 0.15) is 12.0 Å². The highest BCUT2D eigenvalue weighted by molar-refractivity contribution is 5.85. The van der Waals surface area contributed by atoms with E-state index in [0.717, 1.165) is 30.6 Å². The minimum Gasteiger partial charge on any atom is -0.381 e. The SMILES string of the molecule is N#Cc1cc2ccc(N[C@@H]3CCNC3)cc2n(-c2ccc([N+](=O)[O-])cc2)c1=O. The Hall–Kier alpha value is -3.70. The molecular formula is C20H17N5O3. The number of pyridine rings is 1. The summed E-state index contributed by atoms with van der Waals surface area (Å²) in [7, 11) is 0. The Morgan fingerprint density at radius 1 is 1.21 bits per heavy atom. The summed E-state index contributed by atoms with van der Waals surface area (Å²) in [6.45, 7) is 1.84. The Labute approximate surface area is 160 Å². The molecule has 1 aliphatic rings. The third-order valence-corrected chi connectivity index (χ3v) is 4.87. The molecule has 0 spiro atoms. The van der Waals surface area contributed by atoms with E-state index in [2.05, 4.69) is 10.6 Å². The fourth-order valence-electron chi connectivity index (χ4n) is 3.47. The van der Waals surface area contributed by atoms with E-state index < -0.39 is 10.5 Å². The first kappa shape index (κ1) is 17.7. The average molecular weight is 375 g/mol. The van der Waals surface area contributed by atoms with E-state index in [-0.39, 0.29) is 11.3 Å². The van der Waals surface area contributed by atoms with E-state index in [1.807, 2.05) is 24.3 Å². The zero-order valence-corrected chi connectivity index (χ0v) is 14.9. The second-order valence-electron chi connectivity index (χ2n) is 6.69. The van der Waals surface area contributed by atoms with Crippen molar-refractivity contribution in [1.82, 2.24) is 9.88 Å². The van der Waals surface area contributed by atoms with E-state index >= 15 is 0 Å². The second kappa shape index (κ2) is 7.13. The summed E-state index contributed by atoms with van der Waals surface area (Å²) in [5, 5.41) is 27.7. The lowest BCUT2D eigenvalue weighted by molar-refractivity contribution is -0.384. The van der Waals surface area contributed by atoms with Gasteiger partial charge in [0.1, 0.15) is 11.6 Å². The van der Waals surface area contributed by atoms with Crippen molar-refractivity contribution < 1.29 is 4.92 Å². The van der Waals surface area contributed by atoms with Gasteiger partial charge in [-0.05, 0) is 43.3 Å². The Morgan fingerprint density at radius 2 is 2.00 bits per heavy atom. The maximum Gasteiger partial charge on any atom is 0.273 e. The predicted molar refractivity (Wildman–Crippen MR) is 106 cm³/mol. The first-order valence-corrected chi connectivity index (χ1v) is 8.89. The first-order valence-electron chi connectivity index (χ1n) is 8.89. The maximum absolute atomic E-state index is 12.9. The van der Waals surface area contributed by atoms with Crippen molar-refractivity contribution in [3.8, 4) is 11.8 Å². The largest absolute Gasteiger partial charge is 0.381 e. The van der Waals surface area contributed by atoms with Crippen molar-refractivity contribution >= 4 is 22.3 Å². The van der Waals surface area contributed by atoms with Gasteiger partial charge in [-0.25, -0.2) is 0 Å². The standard InChI is InChI=1S/C20H17N5O3/c21-11-14-9-13-1-2-15(23-16-7-8-22-12-16)10-19(13)24(20(14)26)17-3-5-18(6-4-17)25(27)28/h1-6,9-10,16,22-23H,7-8,12H2/t16-/m1/s1. The summed E-state index contributed by atoms with van der Waals surface area (Å²) in [4.78, 5) is 23.3. The molecule has 4 rings (SSSR count). The van der Waals surface area contributed by atoms with Gasteiger partial charge in [-0.2, -0.15) is 5.26 Å². The average Bonchev–Trinajstić information content (AvgIpc) is 3.21. The molecule has 8 nitrogen and oxygen atoms in total. The number of nitriles is 1. The Kier molecular flexibility index (Phi) is 4.51. The molecule has 8 heteroatoms. The summed E-state index contributed by atoms with van der Waals surface area (Å²) in [6, 6.07) is 15.2. The van der Waals surface area contributed by atoms with E-state index in [4.69, 9.17) is 0 Å². The molecule has 1 saturated heterocycles. The molecular weight excluding hydrogens is 358 g/mol. The molecule has 2 aromatic carbocycles. The van der Waals surface area contributed by atoms with E-state index in [1.165, 1.54) is 28.8 Å². The van der Waals surface area contributed by atoms with Crippen LogP contribution in [0.15, 0.2) is 53.3 Å². The van der Waals surface area contributed by atoms with Gasteiger partial charge < -0.3 is 10.6 Å². The van der Waals surface area contributed by atoms with Gasteiger partial charge in [-0.15, -0.1) is 0 Å². The lowest BCUT2D eigenvalue weighted by Gasteiger charge is -2.16. The van der Waals surface area contributed by atoms with E-state index in [1.54, 1.807) is 6.07 Å². The number of anilines is 1. The molecule has 0 saturated carbocycles. The number of hydrogen-bond acceptors (Lipinski definition) is 6. The number of fused-ring (bicyclic) bond motifs is 1. The lowest BCUT2D eigenvalue weighted by Crippen LogP contribution is -2.23. The van der Waals surface area contributed by atoms with Gasteiger partial charge in [0.2, 0.25) is 0 Å². The van der Waals surface area contributed by atoms with Crippen LogP contribution in [-0.2, 0) is 0 Å². The van der Waals surface area contributed by atoms with Crippen LogP contribution in [0.5, 0.6) is 0 Å². The highest BCUT2D eigenvalue weighted by Gasteiger charge is 2.16. The molecule has 28 heavy (non-hydrogen) atoms. The van der Waals surface area contributed by atoms with Crippen molar-refractivity contribution in [1.29, 1.82) is 5.26 Å². The molecule has 0 unspecified atom stereocenters. The zero-order valence-electron chi connectivity index (χ0n) is 14.9. The van der Waals surface area contributed by atoms with Crippen molar-refractivity contribution in [3.05, 3.63) is 74.6 Å². The number of nitrogens with zero attached hydrogens (tertiary/aromatic N) is 3. The number of rotatable bonds is 4. The molecule has 1 aliphatic heterocycles. The number of hydrogen-bond donors (Lipinski definition) is 2. The van der Waals surface area contributed by atoms with E-state index in [0.29, 0.717) is 17.2 Å². The number of nitro benzene ring substituents is 1. The Balaban J connectivity index is 1.88. The minimum absolute atomic E-state index is 0.0200. The molecule has 140 valence electrons. The molecule has 2 N–H and O–H groups in total. The monoisotopic (exact) mass is 375 g/mol. The Bertz CT molecular complexity index is 1160. The van der Waals surface area contributed by atoms with Crippen LogP contribution in [0, 0.1) is 21.4 Å². The van der Waals surface area contributed by atoms with Gasteiger partial charge in [0.25, 0.3) is 11.2 Å². The second-order valence-corrected chi connectivity index (χ2v) is 6.69. The topological polar surface area (TPSA) is 113 Å². The van der Waals surface area contributed by atoms with Crippen molar-refractivity contribution in [2.45, 2.75) is 12.5 Å². The molecule has 0 aliphatic carbocycles. The predicted octanol–water partition coefficient (Wildman–Crippen LogP) is 2.54. The zero-order chi connectivity index (χ0) is 19.7. The van der Waals surface area contributed by atoms with Gasteiger partial charge in [0.15, 0.2) is 0 Å². The summed E-state index contributed by atoms with van der Waals surface area (Å²) >= 11 is 0. The summed E-state index contributed by atoms with van der Waals surface area (Å²) < 4.78 is 1.43. The number of non-ortho nitro benzene ring substituents is 1. The summed E-state index contributed by atoms with van der Waals surface area (Å²) in [6.07, 6.45) is 1.01. The lowest BCUT2D eigenvalue weighted by atomic mass is 10.1. The number of nitro groups is 1. The molecule has 0 amide bonds. The van der Waals surface area contributed by atoms with Gasteiger partial charge in [-0.1, -0.05) is 6.07 Å². The number of aromatic nitrogens is 1. The Morgan fingerprint density at radius 3 is 2.64 bits per heavy atom. The van der Waals surface area contributed by atoms with Crippen LogP contribution in [0.2, 0.25) is 0 Å². The number of benzene rings is 2. The summed E-state index contributed by atoms with van der Waals surface area (Å²) in [5.41, 5.74) is 1.48. The van der Waals surface area contributed by atoms with Crippen molar-refractivity contribution in [3.63, 3.8) is 0 Å². The van der Waals surface area contributed by atoms with Crippen molar-refractivity contribution in [2.24, 2.45) is 0 Å². The molecule has 0 bridgehead atoms. The first-order chi connectivity index (χ1) is 13.6. The van der Waals surface area contributed by atoms with Gasteiger partial charge in [0.05, 0.1) is 10.4 Å². The van der Waals surface area contributed by atoms with Gasteiger partial charge in [-0.3, -0.25) is 19.5 Å². The van der Waals surface area contributed by atoms with Gasteiger partial charge >= 0.3 is 0 Å². The molecule has 2 heterocycles. The smallest absolute Gasteiger partial charge is 0.273 e.